The standard InChI is InChI=1S/C10H11N3O/c11-8-3-1-2-7-4-5-13(10(7)8)6-9(12)14/h1-5H,6,11H2,(H2,12,14). The van der Waals surface area contributed by atoms with Crippen molar-refractivity contribution in [2.24, 2.45) is 5.73 Å². The van der Waals surface area contributed by atoms with E-state index in [9.17, 15) is 4.79 Å². The molecule has 0 radical (unpaired) electrons. The molecule has 4 nitrogen and oxygen atoms in total. The fourth-order valence-electron chi connectivity index (χ4n) is 1.59. The van der Waals surface area contributed by atoms with Crippen LogP contribution < -0.4 is 11.5 Å². The van der Waals surface area contributed by atoms with Crippen LogP contribution in [0.25, 0.3) is 10.9 Å². The number of para-hydroxylation sites is 1. The Morgan fingerprint density at radius 2 is 2.14 bits per heavy atom. The number of benzene rings is 1. The third-order valence-electron chi connectivity index (χ3n) is 2.15. The maximum atomic E-state index is 10.8. The number of anilines is 1. The molecule has 4 heteroatoms. The normalized spacial score (nSPS) is 10.6. The van der Waals surface area contributed by atoms with Gasteiger partial charge in [-0.3, -0.25) is 4.79 Å². The molecule has 0 bridgehead atoms. The summed E-state index contributed by atoms with van der Waals surface area (Å²) in [5, 5.41) is 1.02. The Hall–Kier alpha value is -1.97. The Morgan fingerprint density at radius 3 is 2.86 bits per heavy atom. The average Bonchev–Trinajstić information content (AvgIpc) is 2.49. The molecule has 0 saturated carbocycles. The molecule has 4 N–H and O–H groups in total. The molecule has 1 aromatic heterocycles. The number of amides is 1. The molecule has 72 valence electrons. The number of fused-ring (bicyclic) bond motifs is 1. The molecule has 0 fully saturated rings. The van der Waals surface area contributed by atoms with Crippen LogP contribution in [0.15, 0.2) is 30.5 Å². The first-order valence-corrected chi connectivity index (χ1v) is 4.30. The third kappa shape index (κ3) is 1.31. The zero-order valence-corrected chi connectivity index (χ0v) is 7.60. The first-order valence-electron chi connectivity index (χ1n) is 4.30. The van der Waals surface area contributed by atoms with Gasteiger partial charge in [0.2, 0.25) is 5.91 Å². The van der Waals surface area contributed by atoms with E-state index in [1.807, 2.05) is 24.4 Å². The zero-order chi connectivity index (χ0) is 10.1. The molecular formula is C10H11N3O. The van der Waals surface area contributed by atoms with Crippen molar-refractivity contribution in [3.63, 3.8) is 0 Å². The molecule has 2 rings (SSSR count). The fourth-order valence-corrected chi connectivity index (χ4v) is 1.59. The second-order valence-corrected chi connectivity index (χ2v) is 3.20. The lowest BCUT2D eigenvalue weighted by atomic mass is 10.2. The van der Waals surface area contributed by atoms with Gasteiger partial charge in [-0.1, -0.05) is 12.1 Å². The molecular weight excluding hydrogens is 178 g/mol. The van der Waals surface area contributed by atoms with Gasteiger partial charge >= 0.3 is 0 Å². The minimum atomic E-state index is -0.370. The number of carbonyl (C=O) groups excluding carboxylic acids is 1. The van der Waals surface area contributed by atoms with E-state index in [-0.39, 0.29) is 12.5 Å². The number of aromatic nitrogens is 1. The molecule has 14 heavy (non-hydrogen) atoms. The first-order chi connectivity index (χ1) is 6.68. The van der Waals surface area contributed by atoms with Crippen LogP contribution in [0.2, 0.25) is 0 Å². The SMILES string of the molecule is NC(=O)Cn1ccc2cccc(N)c21. The van der Waals surface area contributed by atoms with E-state index in [4.69, 9.17) is 11.5 Å². The molecule has 1 heterocycles. The Morgan fingerprint density at radius 1 is 1.36 bits per heavy atom. The van der Waals surface area contributed by atoms with E-state index in [1.165, 1.54) is 0 Å². The monoisotopic (exact) mass is 189 g/mol. The van der Waals surface area contributed by atoms with E-state index < -0.39 is 0 Å². The maximum Gasteiger partial charge on any atom is 0.237 e. The van der Waals surface area contributed by atoms with Gasteiger partial charge in [-0.05, 0) is 12.1 Å². The smallest absolute Gasteiger partial charge is 0.237 e. The Labute approximate surface area is 81.1 Å². The third-order valence-corrected chi connectivity index (χ3v) is 2.15. The Bertz CT molecular complexity index is 487. The van der Waals surface area contributed by atoms with Gasteiger partial charge in [-0.25, -0.2) is 0 Å². The minimum absolute atomic E-state index is 0.164. The molecule has 0 aliphatic rings. The van der Waals surface area contributed by atoms with Gasteiger partial charge in [0.05, 0.1) is 11.2 Å². The van der Waals surface area contributed by atoms with Crippen LogP contribution in [0.1, 0.15) is 0 Å². The summed E-state index contributed by atoms with van der Waals surface area (Å²) in [5.41, 5.74) is 12.5. The van der Waals surface area contributed by atoms with Crippen molar-refractivity contribution < 1.29 is 4.79 Å². The average molecular weight is 189 g/mol. The van der Waals surface area contributed by atoms with E-state index in [0.717, 1.165) is 10.9 Å². The quantitative estimate of drug-likeness (QED) is 0.683. The van der Waals surface area contributed by atoms with Crippen molar-refractivity contribution in [2.45, 2.75) is 6.54 Å². The number of nitrogens with zero attached hydrogens (tertiary/aromatic N) is 1. The van der Waals surface area contributed by atoms with Crippen LogP contribution >= 0.6 is 0 Å². The lowest BCUT2D eigenvalue weighted by Crippen LogP contribution is -2.18. The highest BCUT2D eigenvalue weighted by Crippen LogP contribution is 2.21. The highest BCUT2D eigenvalue weighted by molar-refractivity contribution is 5.91. The van der Waals surface area contributed by atoms with Crippen molar-refractivity contribution >= 4 is 22.5 Å². The van der Waals surface area contributed by atoms with Crippen LogP contribution in [-0.4, -0.2) is 10.5 Å². The molecule has 0 aliphatic carbocycles. The maximum absolute atomic E-state index is 10.8. The minimum Gasteiger partial charge on any atom is -0.397 e. The van der Waals surface area contributed by atoms with Gasteiger partial charge in [0.1, 0.15) is 6.54 Å². The molecule has 1 amide bonds. The summed E-state index contributed by atoms with van der Waals surface area (Å²) in [5.74, 6) is -0.370. The van der Waals surface area contributed by atoms with E-state index in [1.54, 1.807) is 10.6 Å². The van der Waals surface area contributed by atoms with E-state index in [0.29, 0.717) is 5.69 Å². The van der Waals surface area contributed by atoms with Crippen molar-refractivity contribution in [3.8, 4) is 0 Å². The highest BCUT2D eigenvalue weighted by Gasteiger charge is 2.05. The van der Waals surface area contributed by atoms with Gasteiger partial charge < -0.3 is 16.0 Å². The Kier molecular flexibility index (Phi) is 1.89. The number of primary amides is 1. The Balaban J connectivity index is 2.61. The summed E-state index contributed by atoms with van der Waals surface area (Å²) in [4.78, 5) is 10.8. The fraction of sp³-hybridized carbons (Fsp3) is 0.100. The number of carbonyl (C=O) groups is 1. The van der Waals surface area contributed by atoms with Crippen molar-refractivity contribution in [1.82, 2.24) is 4.57 Å². The van der Waals surface area contributed by atoms with Crippen molar-refractivity contribution in [2.75, 3.05) is 5.73 Å². The number of rotatable bonds is 2. The lowest BCUT2D eigenvalue weighted by molar-refractivity contribution is -0.118. The van der Waals surface area contributed by atoms with Crippen LogP contribution in [0.5, 0.6) is 0 Å². The predicted octanol–water partition coefficient (Wildman–Crippen LogP) is 0.709. The van der Waals surface area contributed by atoms with Gasteiger partial charge in [0.15, 0.2) is 0 Å². The largest absolute Gasteiger partial charge is 0.397 e. The summed E-state index contributed by atoms with van der Waals surface area (Å²) >= 11 is 0. The number of hydrogen-bond donors (Lipinski definition) is 2. The van der Waals surface area contributed by atoms with Crippen LogP contribution in [0.4, 0.5) is 5.69 Å². The number of nitrogens with two attached hydrogens (primary N) is 2. The number of nitrogen functional groups attached to an aromatic ring is 1. The van der Waals surface area contributed by atoms with Crippen molar-refractivity contribution in [3.05, 3.63) is 30.5 Å². The number of hydrogen-bond acceptors (Lipinski definition) is 2. The molecule has 2 aromatic rings. The summed E-state index contributed by atoms with van der Waals surface area (Å²) in [6.07, 6.45) is 1.81. The predicted molar refractivity (Wildman–Crippen MR) is 55.5 cm³/mol. The second-order valence-electron chi connectivity index (χ2n) is 3.20. The van der Waals surface area contributed by atoms with Gasteiger partial charge in [-0.15, -0.1) is 0 Å². The van der Waals surface area contributed by atoms with Gasteiger partial charge in [0, 0.05) is 11.6 Å². The second kappa shape index (κ2) is 3.06. The van der Waals surface area contributed by atoms with Crippen molar-refractivity contribution in [1.29, 1.82) is 0 Å². The highest BCUT2D eigenvalue weighted by atomic mass is 16.1. The molecule has 0 saturated heterocycles. The summed E-state index contributed by atoms with van der Waals surface area (Å²) in [6, 6.07) is 7.55. The molecule has 1 aromatic carbocycles. The van der Waals surface area contributed by atoms with Crippen LogP contribution in [0, 0.1) is 0 Å². The molecule has 0 spiro atoms. The van der Waals surface area contributed by atoms with Gasteiger partial charge in [-0.2, -0.15) is 0 Å². The molecule has 0 aliphatic heterocycles. The van der Waals surface area contributed by atoms with E-state index in [2.05, 4.69) is 0 Å². The van der Waals surface area contributed by atoms with Gasteiger partial charge in [0.25, 0.3) is 0 Å². The molecule has 0 unspecified atom stereocenters. The lowest BCUT2D eigenvalue weighted by Gasteiger charge is -2.04. The topological polar surface area (TPSA) is 74.0 Å². The summed E-state index contributed by atoms with van der Waals surface area (Å²) < 4.78 is 1.76. The summed E-state index contributed by atoms with van der Waals surface area (Å²) in [7, 11) is 0. The molecule has 0 atom stereocenters. The zero-order valence-electron chi connectivity index (χ0n) is 7.60. The van der Waals surface area contributed by atoms with Crippen LogP contribution in [0.3, 0.4) is 0 Å². The first kappa shape index (κ1) is 8.62. The van der Waals surface area contributed by atoms with E-state index >= 15 is 0 Å². The van der Waals surface area contributed by atoms with Crippen LogP contribution in [-0.2, 0) is 11.3 Å². The summed E-state index contributed by atoms with van der Waals surface area (Å²) in [6.45, 7) is 0.164.